The third kappa shape index (κ3) is 7.07. The van der Waals surface area contributed by atoms with Crippen molar-refractivity contribution in [2.45, 2.75) is 32.8 Å². The average Bonchev–Trinajstić information content (AvgIpc) is 1.99. The molecule has 0 aromatic rings. The lowest BCUT2D eigenvalue weighted by molar-refractivity contribution is 0.00672. The Kier molecular flexibility index (Phi) is 5.49. The van der Waals surface area contributed by atoms with Gasteiger partial charge in [0.25, 0.3) is 6.43 Å². The van der Waals surface area contributed by atoms with E-state index in [-0.39, 0.29) is 13.2 Å². The van der Waals surface area contributed by atoms with Crippen LogP contribution < -0.4 is 0 Å². The molecule has 0 bridgehead atoms. The number of aliphatic hydroxyl groups excluding tert-OH is 1. The van der Waals surface area contributed by atoms with E-state index in [9.17, 15) is 13.6 Å². The summed E-state index contributed by atoms with van der Waals surface area (Å²) < 4.78 is 29.0. The predicted octanol–water partition coefficient (Wildman–Crippen LogP) is 1.48. The first-order valence-electron chi connectivity index (χ1n) is 4.63. The fourth-order valence-electron chi connectivity index (χ4n) is 0.871. The molecule has 0 saturated carbocycles. The van der Waals surface area contributed by atoms with Crippen molar-refractivity contribution in [1.29, 1.82) is 0 Å². The molecule has 6 heteroatoms. The van der Waals surface area contributed by atoms with Crippen LogP contribution in [-0.4, -0.2) is 47.8 Å². The number of hydrogen-bond donors (Lipinski definition) is 1. The van der Waals surface area contributed by atoms with Crippen molar-refractivity contribution in [3.63, 3.8) is 0 Å². The van der Waals surface area contributed by atoms with E-state index in [1.54, 1.807) is 20.8 Å². The molecule has 0 aromatic heterocycles. The molecule has 0 spiro atoms. The standard InChI is InChI=1S/C9H17F2NO3/c1-9(2,3)15-8(14)12(4-5-13)6-7(10)11/h7,13H,4-6H2,1-3H3. The Morgan fingerprint density at radius 3 is 2.33 bits per heavy atom. The first-order chi connectivity index (χ1) is 6.76. The molecule has 15 heavy (non-hydrogen) atoms. The number of rotatable bonds is 4. The number of nitrogens with zero attached hydrogens (tertiary/aromatic N) is 1. The van der Waals surface area contributed by atoms with Crippen molar-refractivity contribution in [3.8, 4) is 0 Å². The third-order valence-electron chi connectivity index (χ3n) is 1.38. The average molecular weight is 225 g/mol. The summed E-state index contributed by atoms with van der Waals surface area (Å²) in [5.41, 5.74) is -0.729. The lowest BCUT2D eigenvalue weighted by Gasteiger charge is -2.26. The number of amides is 1. The van der Waals surface area contributed by atoms with Gasteiger partial charge in [0.1, 0.15) is 5.60 Å². The molecule has 0 aliphatic heterocycles. The molecule has 0 radical (unpaired) electrons. The normalized spacial score (nSPS) is 11.7. The highest BCUT2D eigenvalue weighted by Crippen LogP contribution is 2.10. The van der Waals surface area contributed by atoms with Gasteiger partial charge < -0.3 is 14.7 Å². The maximum Gasteiger partial charge on any atom is 0.410 e. The number of carbonyl (C=O) groups excluding carboxylic acids is 1. The van der Waals surface area contributed by atoms with Crippen LogP contribution in [0.4, 0.5) is 13.6 Å². The first-order valence-corrected chi connectivity index (χ1v) is 4.63. The first kappa shape index (κ1) is 14.1. The minimum atomic E-state index is -2.64. The number of ether oxygens (including phenoxy) is 1. The molecule has 0 unspecified atom stereocenters. The van der Waals surface area contributed by atoms with Crippen LogP contribution in [0, 0.1) is 0 Å². The van der Waals surface area contributed by atoms with Gasteiger partial charge in [-0.05, 0) is 20.8 Å². The van der Waals surface area contributed by atoms with E-state index in [0.717, 1.165) is 4.90 Å². The molecular formula is C9H17F2NO3. The summed E-state index contributed by atoms with van der Waals surface area (Å²) in [6, 6.07) is 0. The zero-order valence-corrected chi connectivity index (χ0v) is 9.17. The summed E-state index contributed by atoms with van der Waals surface area (Å²) in [7, 11) is 0. The van der Waals surface area contributed by atoms with E-state index in [4.69, 9.17) is 9.84 Å². The SMILES string of the molecule is CC(C)(C)OC(=O)N(CCO)CC(F)F. The number of carbonyl (C=O) groups is 1. The minimum absolute atomic E-state index is 0.154. The molecular weight excluding hydrogens is 208 g/mol. The zero-order chi connectivity index (χ0) is 12.1. The molecule has 0 heterocycles. The summed E-state index contributed by atoms with van der Waals surface area (Å²) in [4.78, 5) is 12.1. The number of hydrogen-bond acceptors (Lipinski definition) is 3. The van der Waals surface area contributed by atoms with Crippen LogP contribution in [0.5, 0.6) is 0 Å². The van der Waals surface area contributed by atoms with E-state index in [1.165, 1.54) is 0 Å². The van der Waals surface area contributed by atoms with E-state index in [2.05, 4.69) is 0 Å². The summed E-state index contributed by atoms with van der Waals surface area (Å²) in [6.07, 6.45) is -3.47. The number of alkyl halides is 2. The van der Waals surface area contributed by atoms with Gasteiger partial charge in [0.2, 0.25) is 0 Å². The van der Waals surface area contributed by atoms with Crippen LogP contribution in [0.3, 0.4) is 0 Å². The van der Waals surface area contributed by atoms with Crippen molar-refractivity contribution in [2.75, 3.05) is 19.7 Å². The van der Waals surface area contributed by atoms with Crippen LogP contribution in [-0.2, 0) is 4.74 Å². The minimum Gasteiger partial charge on any atom is -0.444 e. The molecule has 0 rings (SSSR count). The van der Waals surface area contributed by atoms with Gasteiger partial charge in [0, 0.05) is 6.54 Å². The smallest absolute Gasteiger partial charge is 0.410 e. The molecule has 0 saturated heterocycles. The van der Waals surface area contributed by atoms with Gasteiger partial charge >= 0.3 is 6.09 Å². The maximum absolute atomic E-state index is 12.1. The van der Waals surface area contributed by atoms with Gasteiger partial charge in [-0.2, -0.15) is 0 Å². The lowest BCUT2D eigenvalue weighted by atomic mass is 10.2. The van der Waals surface area contributed by atoms with Crippen LogP contribution in [0.1, 0.15) is 20.8 Å². The molecule has 1 N–H and O–H groups in total. The highest BCUT2D eigenvalue weighted by atomic mass is 19.3. The Bertz CT molecular complexity index is 204. The molecule has 90 valence electrons. The predicted molar refractivity (Wildman–Crippen MR) is 50.9 cm³/mol. The summed E-state index contributed by atoms with van der Waals surface area (Å²) in [5, 5.41) is 8.60. The summed E-state index contributed by atoms with van der Waals surface area (Å²) in [6.45, 7) is 3.68. The summed E-state index contributed by atoms with van der Waals surface area (Å²) in [5.74, 6) is 0. The van der Waals surface area contributed by atoms with Crippen LogP contribution in [0.25, 0.3) is 0 Å². The van der Waals surface area contributed by atoms with Gasteiger partial charge in [-0.25, -0.2) is 13.6 Å². The van der Waals surface area contributed by atoms with Crippen molar-refractivity contribution in [3.05, 3.63) is 0 Å². The van der Waals surface area contributed by atoms with Crippen molar-refractivity contribution < 1.29 is 23.4 Å². The Balaban J connectivity index is 4.28. The number of halogens is 2. The van der Waals surface area contributed by atoms with Gasteiger partial charge in [0.05, 0.1) is 13.2 Å². The van der Waals surface area contributed by atoms with Gasteiger partial charge in [-0.15, -0.1) is 0 Å². The summed E-state index contributed by atoms with van der Waals surface area (Å²) >= 11 is 0. The van der Waals surface area contributed by atoms with Crippen molar-refractivity contribution in [2.24, 2.45) is 0 Å². The van der Waals surface area contributed by atoms with E-state index < -0.39 is 24.7 Å². The monoisotopic (exact) mass is 225 g/mol. The molecule has 0 fully saturated rings. The van der Waals surface area contributed by atoms with Crippen molar-refractivity contribution in [1.82, 2.24) is 4.90 Å². The molecule has 0 atom stereocenters. The van der Waals surface area contributed by atoms with Gasteiger partial charge in [-0.1, -0.05) is 0 Å². The zero-order valence-electron chi connectivity index (χ0n) is 9.17. The second-order valence-electron chi connectivity index (χ2n) is 4.04. The van der Waals surface area contributed by atoms with Gasteiger partial charge in [0.15, 0.2) is 0 Å². The Morgan fingerprint density at radius 2 is 2.00 bits per heavy atom. The van der Waals surface area contributed by atoms with E-state index in [0.29, 0.717) is 0 Å². The molecule has 0 aliphatic carbocycles. The second-order valence-corrected chi connectivity index (χ2v) is 4.04. The molecule has 4 nitrogen and oxygen atoms in total. The molecule has 0 aromatic carbocycles. The van der Waals surface area contributed by atoms with Crippen LogP contribution in [0.15, 0.2) is 0 Å². The molecule has 1 amide bonds. The Labute approximate surface area is 87.8 Å². The largest absolute Gasteiger partial charge is 0.444 e. The van der Waals surface area contributed by atoms with Crippen LogP contribution >= 0.6 is 0 Å². The van der Waals surface area contributed by atoms with Crippen molar-refractivity contribution >= 4 is 6.09 Å². The quantitative estimate of drug-likeness (QED) is 0.788. The number of aliphatic hydroxyl groups is 1. The van der Waals surface area contributed by atoms with E-state index >= 15 is 0 Å². The van der Waals surface area contributed by atoms with Gasteiger partial charge in [-0.3, -0.25) is 0 Å². The third-order valence-corrected chi connectivity index (χ3v) is 1.38. The van der Waals surface area contributed by atoms with Crippen LogP contribution in [0.2, 0.25) is 0 Å². The highest BCUT2D eigenvalue weighted by Gasteiger charge is 2.23. The molecule has 0 aliphatic rings. The fourth-order valence-corrected chi connectivity index (χ4v) is 0.871. The topological polar surface area (TPSA) is 49.8 Å². The Morgan fingerprint density at radius 1 is 1.47 bits per heavy atom. The highest BCUT2D eigenvalue weighted by molar-refractivity contribution is 5.68. The fraction of sp³-hybridized carbons (Fsp3) is 0.889. The second kappa shape index (κ2) is 5.85. The lowest BCUT2D eigenvalue weighted by Crippen LogP contribution is -2.40. The Hall–Kier alpha value is -0.910. The maximum atomic E-state index is 12.1. The van der Waals surface area contributed by atoms with E-state index in [1.807, 2.05) is 0 Å².